The molecule has 0 aliphatic carbocycles. The maximum atomic E-state index is 6.69. The van der Waals surface area contributed by atoms with E-state index < -0.39 is 0 Å². The molecule has 2 nitrogen and oxygen atoms in total. The molecule has 4 aromatic carbocycles. The molecule has 1 aliphatic rings. The van der Waals surface area contributed by atoms with E-state index >= 15 is 0 Å². The molecule has 1 atom stereocenters. The smallest absolute Gasteiger partial charge is 0.108 e. The van der Waals surface area contributed by atoms with Crippen LogP contribution in [0.25, 0.3) is 0 Å². The van der Waals surface area contributed by atoms with Crippen molar-refractivity contribution in [1.29, 1.82) is 0 Å². The van der Waals surface area contributed by atoms with E-state index in [2.05, 4.69) is 136 Å². The number of ether oxygens (including phenoxy) is 1. The predicted octanol–water partition coefficient (Wildman–Crippen LogP) is 7.03. The fraction of sp³-hybridized carbons (Fsp3) is 0.172. The van der Waals surface area contributed by atoms with Gasteiger partial charge in [-0.2, -0.15) is 0 Å². The molecule has 0 radical (unpaired) electrons. The minimum Gasteiger partial charge on any atom is -0.363 e. The molecule has 0 N–H and O–H groups in total. The molecule has 1 heterocycles. The highest BCUT2D eigenvalue weighted by Crippen LogP contribution is 2.36. The van der Waals surface area contributed by atoms with Crippen LogP contribution < -0.4 is 0 Å². The highest BCUT2D eigenvalue weighted by molar-refractivity contribution is 9.10. The number of halogens is 1. The average molecular weight is 484 g/mol. The summed E-state index contributed by atoms with van der Waals surface area (Å²) < 4.78 is 7.77. The largest absolute Gasteiger partial charge is 0.363 e. The van der Waals surface area contributed by atoms with Crippen LogP contribution in [0.1, 0.15) is 34.4 Å². The third-order valence-corrected chi connectivity index (χ3v) is 6.60. The average Bonchev–Trinajstić information content (AvgIpc) is 2.83. The van der Waals surface area contributed by atoms with Crippen LogP contribution in [-0.2, 0) is 4.74 Å². The number of rotatable bonds is 7. The third-order valence-electron chi connectivity index (χ3n) is 6.08. The summed E-state index contributed by atoms with van der Waals surface area (Å²) in [7, 11) is 0. The predicted molar refractivity (Wildman–Crippen MR) is 134 cm³/mol. The molecule has 3 heteroatoms. The zero-order chi connectivity index (χ0) is 21.8. The first kappa shape index (κ1) is 21.1. The van der Waals surface area contributed by atoms with Gasteiger partial charge in [0.05, 0.1) is 12.1 Å². The lowest BCUT2D eigenvalue weighted by Gasteiger charge is -2.45. The Bertz CT molecular complexity index is 1070. The van der Waals surface area contributed by atoms with Gasteiger partial charge in [-0.15, -0.1) is 0 Å². The number of hydrogen-bond acceptors (Lipinski definition) is 2. The molecule has 5 rings (SSSR count). The van der Waals surface area contributed by atoms with Crippen molar-refractivity contribution in [3.63, 3.8) is 0 Å². The van der Waals surface area contributed by atoms with Crippen LogP contribution in [0.15, 0.2) is 120 Å². The lowest BCUT2D eigenvalue weighted by atomic mass is 9.93. The number of likely N-dealkylation sites (tertiary alicyclic amines) is 1. The molecule has 0 spiro atoms. The minimum atomic E-state index is -0.0663. The Labute approximate surface area is 198 Å². The third kappa shape index (κ3) is 4.71. The minimum absolute atomic E-state index is 0.0663. The highest BCUT2D eigenvalue weighted by Gasteiger charge is 2.36. The molecule has 4 aromatic rings. The van der Waals surface area contributed by atoms with Crippen molar-refractivity contribution in [3.05, 3.63) is 142 Å². The van der Waals surface area contributed by atoms with Gasteiger partial charge >= 0.3 is 0 Å². The molecule has 0 amide bonds. The molecule has 0 saturated carbocycles. The summed E-state index contributed by atoms with van der Waals surface area (Å²) in [6.45, 7) is 1.82. The molecule has 32 heavy (non-hydrogen) atoms. The molecule has 1 unspecified atom stereocenters. The molecule has 1 saturated heterocycles. The van der Waals surface area contributed by atoms with Crippen molar-refractivity contribution in [2.24, 2.45) is 0 Å². The molecule has 1 aliphatic heterocycles. The van der Waals surface area contributed by atoms with Crippen molar-refractivity contribution in [1.82, 2.24) is 4.90 Å². The van der Waals surface area contributed by atoms with Gasteiger partial charge in [0, 0.05) is 17.6 Å². The second-order valence-corrected chi connectivity index (χ2v) is 9.19. The Morgan fingerprint density at radius 3 is 1.53 bits per heavy atom. The van der Waals surface area contributed by atoms with Crippen LogP contribution in [0.4, 0.5) is 0 Å². The molecule has 0 aromatic heterocycles. The molecular formula is C29H26BrNO. The molecule has 160 valence electrons. The van der Waals surface area contributed by atoms with E-state index in [0.29, 0.717) is 0 Å². The Morgan fingerprint density at radius 2 is 1.03 bits per heavy atom. The van der Waals surface area contributed by atoms with E-state index in [1.807, 2.05) is 0 Å². The summed E-state index contributed by atoms with van der Waals surface area (Å²) in [5.41, 5.74) is 5.02. The van der Waals surface area contributed by atoms with Crippen molar-refractivity contribution in [2.45, 2.75) is 18.2 Å². The first-order valence-electron chi connectivity index (χ1n) is 11.1. The van der Waals surface area contributed by atoms with Gasteiger partial charge in [0.2, 0.25) is 0 Å². The fourth-order valence-corrected chi connectivity index (χ4v) is 4.72. The first-order valence-corrected chi connectivity index (χ1v) is 11.9. The summed E-state index contributed by atoms with van der Waals surface area (Å²) in [4.78, 5) is 2.51. The standard InChI is InChI=1S/C29H26BrNO/c30-26-18-16-25(17-19-26)29(24-14-8-3-9-15-24)32-27-20-31(21-27)28(22-10-4-1-5-11-22)23-12-6-2-7-13-23/h1-19,27-29H,20-21H2. The Balaban J connectivity index is 1.35. The number of benzene rings is 4. The quantitative estimate of drug-likeness (QED) is 0.279. The summed E-state index contributed by atoms with van der Waals surface area (Å²) in [6.07, 6.45) is 0.127. The van der Waals surface area contributed by atoms with E-state index in [9.17, 15) is 0 Å². The Hall–Kier alpha value is -2.72. The first-order chi connectivity index (χ1) is 15.8. The molecular weight excluding hydrogens is 458 g/mol. The van der Waals surface area contributed by atoms with Crippen LogP contribution >= 0.6 is 15.9 Å². The summed E-state index contributed by atoms with van der Waals surface area (Å²) in [5.74, 6) is 0. The monoisotopic (exact) mass is 483 g/mol. The van der Waals surface area contributed by atoms with E-state index in [0.717, 1.165) is 17.6 Å². The van der Waals surface area contributed by atoms with Gasteiger partial charge in [-0.3, -0.25) is 4.90 Å². The van der Waals surface area contributed by atoms with Gasteiger partial charge in [-0.25, -0.2) is 0 Å². The molecule has 1 fully saturated rings. The van der Waals surface area contributed by atoms with E-state index in [4.69, 9.17) is 4.74 Å². The maximum Gasteiger partial charge on any atom is 0.108 e. The van der Waals surface area contributed by atoms with Gasteiger partial charge in [-0.1, -0.05) is 119 Å². The van der Waals surface area contributed by atoms with Crippen LogP contribution in [0.3, 0.4) is 0 Å². The van der Waals surface area contributed by atoms with Crippen molar-refractivity contribution in [3.8, 4) is 0 Å². The van der Waals surface area contributed by atoms with Crippen molar-refractivity contribution < 1.29 is 4.74 Å². The van der Waals surface area contributed by atoms with Crippen molar-refractivity contribution >= 4 is 15.9 Å². The lowest BCUT2D eigenvalue weighted by Crippen LogP contribution is -2.54. The van der Waals surface area contributed by atoms with Crippen LogP contribution in [-0.4, -0.2) is 24.1 Å². The van der Waals surface area contributed by atoms with Gasteiger partial charge in [0.1, 0.15) is 6.10 Å². The fourth-order valence-electron chi connectivity index (χ4n) is 4.46. The van der Waals surface area contributed by atoms with Gasteiger partial charge in [-0.05, 0) is 34.4 Å². The van der Waals surface area contributed by atoms with Gasteiger partial charge in [0.25, 0.3) is 0 Å². The summed E-state index contributed by atoms with van der Waals surface area (Å²) >= 11 is 3.55. The van der Waals surface area contributed by atoms with Crippen LogP contribution in [0, 0.1) is 0 Å². The second-order valence-electron chi connectivity index (χ2n) is 8.28. The van der Waals surface area contributed by atoms with E-state index in [1.165, 1.54) is 22.3 Å². The SMILES string of the molecule is Brc1ccc(C(OC2CN(C(c3ccccc3)c3ccccc3)C2)c2ccccc2)cc1. The highest BCUT2D eigenvalue weighted by atomic mass is 79.9. The lowest BCUT2D eigenvalue weighted by molar-refractivity contribution is -0.0910. The van der Waals surface area contributed by atoms with Crippen LogP contribution in [0.5, 0.6) is 0 Å². The summed E-state index contributed by atoms with van der Waals surface area (Å²) in [5, 5.41) is 0. The topological polar surface area (TPSA) is 12.5 Å². The Morgan fingerprint density at radius 1 is 0.594 bits per heavy atom. The van der Waals surface area contributed by atoms with Gasteiger partial charge < -0.3 is 4.74 Å². The second kappa shape index (κ2) is 9.83. The van der Waals surface area contributed by atoms with Crippen molar-refractivity contribution in [2.75, 3.05) is 13.1 Å². The Kier molecular flexibility index (Phi) is 6.49. The zero-order valence-electron chi connectivity index (χ0n) is 17.8. The van der Waals surface area contributed by atoms with Crippen LogP contribution in [0.2, 0.25) is 0 Å². The molecule has 0 bridgehead atoms. The zero-order valence-corrected chi connectivity index (χ0v) is 19.4. The number of hydrogen-bond donors (Lipinski definition) is 0. The normalized spacial score (nSPS) is 15.4. The summed E-state index contributed by atoms with van der Waals surface area (Å²) in [6, 6.07) is 40.8. The maximum absolute atomic E-state index is 6.69. The van der Waals surface area contributed by atoms with Gasteiger partial charge in [0.15, 0.2) is 0 Å². The van der Waals surface area contributed by atoms with E-state index in [1.54, 1.807) is 0 Å². The van der Waals surface area contributed by atoms with E-state index in [-0.39, 0.29) is 18.2 Å². The number of nitrogens with zero attached hydrogens (tertiary/aromatic N) is 1.